The Kier molecular flexibility index (Phi) is 5.41. The summed E-state index contributed by atoms with van der Waals surface area (Å²) >= 11 is 0. The van der Waals surface area contributed by atoms with E-state index in [4.69, 9.17) is 4.74 Å². The zero-order valence-corrected chi connectivity index (χ0v) is 12.4. The highest BCUT2D eigenvalue weighted by atomic mass is 16.5. The molecule has 20 heavy (non-hydrogen) atoms. The number of hydrogen-bond donors (Lipinski definition) is 1. The molecule has 1 fully saturated rings. The molecular formula is C16H24N2O2. The second kappa shape index (κ2) is 7.29. The molecule has 0 bridgehead atoms. The third-order valence-corrected chi connectivity index (χ3v) is 3.72. The fourth-order valence-electron chi connectivity index (χ4n) is 2.65. The van der Waals surface area contributed by atoms with Gasteiger partial charge in [0.25, 0.3) is 0 Å². The van der Waals surface area contributed by atoms with Crippen molar-refractivity contribution in [2.24, 2.45) is 5.92 Å². The summed E-state index contributed by atoms with van der Waals surface area (Å²) in [5.41, 5.74) is 1.03. The van der Waals surface area contributed by atoms with Crippen molar-refractivity contribution in [1.29, 1.82) is 0 Å². The van der Waals surface area contributed by atoms with Crippen molar-refractivity contribution in [2.45, 2.75) is 26.3 Å². The van der Waals surface area contributed by atoms with Gasteiger partial charge in [0.05, 0.1) is 12.5 Å². The van der Waals surface area contributed by atoms with E-state index in [1.54, 1.807) is 0 Å². The van der Waals surface area contributed by atoms with Gasteiger partial charge in [-0.25, -0.2) is 0 Å². The molecule has 1 aromatic carbocycles. The number of hydrogen-bond acceptors (Lipinski definition) is 3. The molecule has 0 radical (unpaired) electrons. The highest BCUT2D eigenvalue weighted by Gasteiger charge is 2.23. The molecule has 1 amide bonds. The molecule has 4 heteroatoms. The second-order valence-corrected chi connectivity index (χ2v) is 5.36. The number of rotatable bonds is 5. The van der Waals surface area contributed by atoms with E-state index in [0.717, 1.165) is 37.2 Å². The summed E-state index contributed by atoms with van der Waals surface area (Å²) in [5.74, 6) is 1.13. The number of para-hydroxylation sites is 1. The predicted molar refractivity (Wildman–Crippen MR) is 79.7 cm³/mol. The van der Waals surface area contributed by atoms with Crippen molar-refractivity contribution in [2.75, 3.05) is 26.7 Å². The molecular weight excluding hydrogens is 252 g/mol. The van der Waals surface area contributed by atoms with Gasteiger partial charge in [0.2, 0.25) is 5.91 Å². The minimum atomic E-state index is 0.119. The second-order valence-electron chi connectivity index (χ2n) is 5.36. The summed E-state index contributed by atoms with van der Waals surface area (Å²) in [6.45, 7) is 5.09. The summed E-state index contributed by atoms with van der Waals surface area (Å²) in [7, 11) is 2.07. The number of carbonyl (C=O) groups is 1. The molecule has 2 rings (SSSR count). The first kappa shape index (κ1) is 14.9. The van der Waals surface area contributed by atoms with Gasteiger partial charge in [-0.3, -0.25) is 4.79 Å². The van der Waals surface area contributed by atoms with Crippen molar-refractivity contribution in [3.05, 3.63) is 29.8 Å². The van der Waals surface area contributed by atoms with Crippen molar-refractivity contribution in [3.63, 3.8) is 0 Å². The SMILES string of the molecule is CCOc1ccccc1CNC(=O)C1CCCN(C)C1. The maximum Gasteiger partial charge on any atom is 0.224 e. The Morgan fingerprint density at radius 1 is 1.45 bits per heavy atom. The van der Waals surface area contributed by atoms with Gasteiger partial charge in [-0.15, -0.1) is 0 Å². The largest absolute Gasteiger partial charge is 0.494 e. The quantitative estimate of drug-likeness (QED) is 0.895. The summed E-state index contributed by atoms with van der Waals surface area (Å²) in [6, 6.07) is 7.86. The topological polar surface area (TPSA) is 41.6 Å². The Hall–Kier alpha value is -1.55. The zero-order chi connectivity index (χ0) is 14.4. The van der Waals surface area contributed by atoms with Gasteiger partial charge in [-0.2, -0.15) is 0 Å². The minimum absolute atomic E-state index is 0.119. The molecule has 0 spiro atoms. The first-order valence-electron chi connectivity index (χ1n) is 7.37. The number of amides is 1. The third-order valence-electron chi connectivity index (χ3n) is 3.72. The number of piperidine rings is 1. The molecule has 1 unspecified atom stereocenters. The first-order valence-corrected chi connectivity index (χ1v) is 7.37. The Balaban J connectivity index is 1.89. The van der Waals surface area contributed by atoms with Crippen molar-refractivity contribution in [3.8, 4) is 5.75 Å². The average Bonchev–Trinajstić information content (AvgIpc) is 2.46. The van der Waals surface area contributed by atoms with Gasteiger partial charge in [0, 0.05) is 18.7 Å². The minimum Gasteiger partial charge on any atom is -0.494 e. The van der Waals surface area contributed by atoms with Gasteiger partial charge in [0.15, 0.2) is 0 Å². The lowest BCUT2D eigenvalue weighted by atomic mass is 9.97. The Bertz CT molecular complexity index is 448. The van der Waals surface area contributed by atoms with Crippen LogP contribution in [0.15, 0.2) is 24.3 Å². The highest BCUT2D eigenvalue weighted by Crippen LogP contribution is 2.19. The molecule has 1 aliphatic rings. The fourth-order valence-corrected chi connectivity index (χ4v) is 2.65. The van der Waals surface area contributed by atoms with Crippen LogP contribution in [0.2, 0.25) is 0 Å². The molecule has 4 nitrogen and oxygen atoms in total. The van der Waals surface area contributed by atoms with E-state index < -0.39 is 0 Å². The number of nitrogens with one attached hydrogen (secondary N) is 1. The van der Waals surface area contributed by atoms with E-state index in [1.165, 1.54) is 0 Å². The van der Waals surface area contributed by atoms with Crippen LogP contribution in [-0.4, -0.2) is 37.6 Å². The zero-order valence-electron chi connectivity index (χ0n) is 12.4. The van der Waals surface area contributed by atoms with Gasteiger partial charge in [0.1, 0.15) is 5.75 Å². The molecule has 1 heterocycles. The smallest absolute Gasteiger partial charge is 0.224 e. The van der Waals surface area contributed by atoms with E-state index in [1.807, 2.05) is 31.2 Å². The van der Waals surface area contributed by atoms with Crippen LogP contribution >= 0.6 is 0 Å². The molecule has 0 aliphatic carbocycles. The molecule has 1 aliphatic heterocycles. The molecule has 0 aromatic heterocycles. The van der Waals surface area contributed by atoms with Crippen LogP contribution in [-0.2, 0) is 11.3 Å². The van der Waals surface area contributed by atoms with Crippen LogP contribution in [0.3, 0.4) is 0 Å². The Labute approximate surface area is 121 Å². The molecule has 1 N–H and O–H groups in total. The standard InChI is InChI=1S/C16H24N2O2/c1-3-20-15-9-5-4-7-13(15)11-17-16(19)14-8-6-10-18(2)12-14/h4-5,7,9,14H,3,6,8,10-12H2,1-2H3,(H,17,19). The summed E-state index contributed by atoms with van der Waals surface area (Å²) in [6.07, 6.45) is 2.09. The van der Waals surface area contributed by atoms with Crippen LogP contribution < -0.4 is 10.1 Å². The highest BCUT2D eigenvalue weighted by molar-refractivity contribution is 5.79. The summed E-state index contributed by atoms with van der Waals surface area (Å²) < 4.78 is 5.57. The molecule has 1 saturated heterocycles. The fraction of sp³-hybridized carbons (Fsp3) is 0.562. The normalized spacial score (nSPS) is 19.6. The van der Waals surface area contributed by atoms with E-state index in [2.05, 4.69) is 17.3 Å². The summed E-state index contributed by atoms with van der Waals surface area (Å²) in [5, 5.41) is 3.04. The average molecular weight is 276 g/mol. The van der Waals surface area contributed by atoms with E-state index >= 15 is 0 Å². The number of likely N-dealkylation sites (tertiary alicyclic amines) is 1. The number of nitrogens with zero attached hydrogens (tertiary/aromatic N) is 1. The maximum absolute atomic E-state index is 12.2. The van der Waals surface area contributed by atoms with E-state index in [9.17, 15) is 4.79 Å². The first-order chi connectivity index (χ1) is 9.70. The maximum atomic E-state index is 12.2. The lowest BCUT2D eigenvalue weighted by Crippen LogP contribution is -2.41. The van der Waals surface area contributed by atoms with Crippen LogP contribution in [0.4, 0.5) is 0 Å². The lowest BCUT2D eigenvalue weighted by molar-refractivity contribution is -0.126. The van der Waals surface area contributed by atoms with Crippen molar-refractivity contribution < 1.29 is 9.53 Å². The van der Waals surface area contributed by atoms with E-state index in [-0.39, 0.29) is 11.8 Å². The molecule has 1 atom stereocenters. The van der Waals surface area contributed by atoms with Crippen LogP contribution in [0.5, 0.6) is 5.75 Å². The molecule has 1 aromatic rings. The van der Waals surface area contributed by atoms with Crippen LogP contribution in [0, 0.1) is 5.92 Å². The summed E-state index contributed by atoms with van der Waals surface area (Å²) in [4.78, 5) is 14.4. The number of benzene rings is 1. The number of carbonyl (C=O) groups excluding carboxylic acids is 1. The number of ether oxygens (including phenoxy) is 1. The van der Waals surface area contributed by atoms with Crippen molar-refractivity contribution in [1.82, 2.24) is 10.2 Å². The van der Waals surface area contributed by atoms with E-state index in [0.29, 0.717) is 13.2 Å². The van der Waals surface area contributed by atoms with Crippen LogP contribution in [0.25, 0.3) is 0 Å². The van der Waals surface area contributed by atoms with Gasteiger partial charge in [-0.1, -0.05) is 18.2 Å². The van der Waals surface area contributed by atoms with Crippen molar-refractivity contribution >= 4 is 5.91 Å². The molecule has 0 saturated carbocycles. The van der Waals surface area contributed by atoms with Gasteiger partial charge in [-0.05, 0) is 39.4 Å². The van der Waals surface area contributed by atoms with Gasteiger partial charge < -0.3 is 15.0 Å². The van der Waals surface area contributed by atoms with Gasteiger partial charge >= 0.3 is 0 Å². The Morgan fingerprint density at radius 3 is 3.00 bits per heavy atom. The third kappa shape index (κ3) is 3.97. The monoisotopic (exact) mass is 276 g/mol. The Morgan fingerprint density at radius 2 is 2.25 bits per heavy atom. The van der Waals surface area contributed by atoms with Crippen LogP contribution in [0.1, 0.15) is 25.3 Å². The molecule has 110 valence electrons. The predicted octanol–water partition coefficient (Wildman–Crippen LogP) is 2.04. The lowest BCUT2D eigenvalue weighted by Gasteiger charge is -2.28.